The van der Waals surface area contributed by atoms with Crippen LogP contribution >= 0.6 is 0 Å². The van der Waals surface area contributed by atoms with E-state index in [1.165, 1.54) is 0 Å². The minimum absolute atomic E-state index is 0.0596. The number of nitrogens with one attached hydrogen (secondary N) is 2. The van der Waals surface area contributed by atoms with Crippen LogP contribution in [0.1, 0.15) is 31.4 Å². The van der Waals surface area contributed by atoms with E-state index in [0.717, 1.165) is 23.8 Å². The lowest BCUT2D eigenvalue weighted by atomic mass is 10.1. The van der Waals surface area contributed by atoms with E-state index in [-0.39, 0.29) is 36.1 Å². The lowest BCUT2D eigenvalue weighted by Gasteiger charge is -2.09. The summed E-state index contributed by atoms with van der Waals surface area (Å²) in [4.78, 5) is 23.5. The number of hydrogen-bond acceptors (Lipinski definition) is 2. The maximum atomic E-state index is 13.5. The van der Waals surface area contributed by atoms with Crippen LogP contribution in [0, 0.1) is 17.6 Å². The van der Waals surface area contributed by atoms with Gasteiger partial charge in [0.1, 0.15) is 11.6 Å². The minimum atomic E-state index is -0.522. The summed E-state index contributed by atoms with van der Waals surface area (Å²) in [6.07, 6.45) is 0.207. The topological polar surface area (TPSA) is 58.2 Å². The smallest absolute Gasteiger partial charge is 0.226 e. The fourth-order valence-electron chi connectivity index (χ4n) is 2.26. The molecule has 4 nitrogen and oxygen atoms in total. The Labute approximate surface area is 151 Å². The average molecular weight is 360 g/mol. The predicted molar refractivity (Wildman–Crippen MR) is 96.4 cm³/mol. The fourth-order valence-corrected chi connectivity index (χ4v) is 2.26. The third-order valence-corrected chi connectivity index (χ3v) is 3.86. The Kier molecular flexibility index (Phi) is 6.83. The standard InChI is InChI=1S/C20H22F2N2O2/c1-13(2)20(26)24-17-7-3-14(4-8-17)12-23-19(25)10-5-15-11-16(21)6-9-18(15)22/h3-4,6-9,11,13H,5,10,12H2,1-2H3,(H,23,25)(H,24,26). The van der Waals surface area contributed by atoms with Gasteiger partial charge in [-0.25, -0.2) is 8.78 Å². The molecule has 0 bridgehead atoms. The molecular weight excluding hydrogens is 338 g/mol. The van der Waals surface area contributed by atoms with Crippen LogP contribution in [0.4, 0.5) is 14.5 Å². The molecule has 0 aliphatic carbocycles. The van der Waals surface area contributed by atoms with Gasteiger partial charge in [-0.3, -0.25) is 9.59 Å². The molecule has 0 saturated carbocycles. The molecule has 0 aliphatic rings. The Balaban J connectivity index is 1.80. The number of amides is 2. The first kappa shape index (κ1) is 19.6. The Bertz CT molecular complexity index is 774. The van der Waals surface area contributed by atoms with Crippen molar-refractivity contribution < 1.29 is 18.4 Å². The molecule has 2 aromatic carbocycles. The van der Waals surface area contributed by atoms with E-state index in [4.69, 9.17) is 0 Å². The summed E-state index contributed by atoms with van der Waals surface area (Å²) in [7, 11) is 0. The van der Waals surface area contributed by atoms with Crippen molar-refractivity contribution in [3.05, 3.63) is 65.2 Å². The van der Waals surface area contributed by atoms with Crippen molar-refractivity contribution in [3.63, 3.8) is 0 Å². The summed E-state index contributed by atoms with van der Waals surface area (Å²) in [6.45, 7) is 3.95. The molecule has 26 heavy (non-hydrogen) atoms. The van der Waals surface area contributed by atoms with Crippen LogP contribution in [-0.4, -0.2) is 11.8 Å². The number of carbonyl (C=O) groups excluding carboxylic acids is 2. The molecule has 2 amide bonds. The fraction of sp³-hybridized carbons (Fsp3) is 0.300. The van der Waals surface area contributed by atoms with Gasteiger partial charge in [-0.05, 0) is 47.9 Å². The average Bonchev–Trinajstić information content (AvgIpc) is 2.61. The molecule has 0 heterocycles. The summed E-state index contributed by atoms with van der Waals surface area (Å²) in [5.41, 5.74) is 1.75. The normalized spacial score (nSPS) is 10.7. The molecule has 0 aliphatic heterocycles. The van der Waals surface area contributed by atoms with E-state index >= 15 is 0 Å². The van der Waals surface area contributed by atoms with Gasteiger partial charge in [0.25, 0.3) is 0 Å². The lowest BCUT2D eigenvalue weighted by molar-refractivity contribution is -0.121. The first-order chi connectivity index (χ1) is 12.3. The highest BCUT2D eigenvalue weighted by molar-refractivity contribution is 5.92. The third-order valence-electron chi connectivity index (χ3n) is 3.86. The number of rotatable bonds is 7. The van der Waals surface area contributed by atoms with Crippen molar-refractivity contribution in [1.29, 1.82) is 0 Å². The molecule has 0 saturated heterocycles. The van der Waals surface area contributed by atoms with Crippen molar-refractivity contribution in [1.82, 2.24) is 5.32 Å². The first-order valence-electron chi connectivity index (χ1n) is 8.45. The largest absolute Gasteiger partial charge is 0.352 e. The molecule has 0 unspecified atom stereocenters. The van der Waals surface area contributed by atoms with Crippen LogP contribution in [0.3, 0.4) is 0 Å². The zero-order valence-corrected chi connectivity index (χ0v) is 14.8. The zero-order chi connectivity index (χ0) is 19.1. The van der Waals surface area contributed by atoms with Gasteiger partial charge in [-0.1, -0.05) is 26.0 Å². The van der Waals surface area contributed by atoms with Crippen molar-refractivity contribution in [2.24, 2.45) is 5.92 Å². The number of benzene rings is 2. The minimum Gasteiger partial charge on any atom is -0.352 e. The molecule has 138 valence electrons. The van der Waals surface area contributed by atoms with Crippen molar-refractivity contribution >= 4 is 17.5 Å². The highest BCUT2D eigenvalue weighted by atomic mass is 19.1. The molecule has 2 aromatic rings. The van der Waals surface area contributed by atoms with Crippen LogP contribution in [0.15, 0.2) is 42.5 Å². The highest BCUT2D eigenvalue weighted by Gasteiger charge is 2.09. The molecule has 0 fully saturated rings. The van der Waals surface area contributed by atoms with Gasteiger partial charge in [0.05, 0.1) is 0 Å². The summed E-state index contributed by atoms with van der Waals surface area (Å²) >= 11 is 0. The Hall–Kier alpha value is -2.76. The Morgan fingerprint density at radius 1 is 1.04 bits per heavy atom. The molecule has 2 rings (SSSR count). The molecule has 0 atom stereocenters. The van der Waals surface area contributed by atoms with Gasteiger partial charge >= 0.3 is 0 Å². The summed E-state index contributed by atoms with van der Waals surface area (Å²) in [6, 6.07) is 10.4. The van der Waals surface area contributed by atoms with Crippen LogP contribution in [0.5, 0.6) is 0 Å². The van der Waals surface area contributed by atoms with E-state index in [2.05, 4.69) is 10.6 Å². The van der Waals surface area contributed by atoms with Crippen LogP contribution in [0.2, 0.25) is 0 Å². The Morgan fingerprint density at radius 3 is 2.38 bits per heavy atom. The monoisotopic (exact) mass is 360 g/mol. The molecular formula is C20H22F2N2O2. The summed E-state index contributed by atoms with van der Waals surface area (Å²) < 4.78 is 26.6. The first-order valence-corrected chi connectivity index (χ1v) is 8.45. The van der Waals surface area contributed by atoms with Gasteiger partial charge in [-0.15, -0.1) is 0 Å². The second-order valence-electron chi connectivity index (χ2n) is 6.35. The highest BCUT2D eigenvalue weighted by Crippen LogP contribution is 2.13. The van der Waals surface area contributed by atoms with Gasteiger partial charge in [0.15, 0.2) is 0 Å². The van der Waals surface area contributed by atoms with Gasteiger partial charge in [-0.2, -0.15) is 0 Å². The second kappa shape index (κ2) is 9.08. The SMILES string of the molecule is CC(C)C(=O)Nc1ccc(CNC(=O)CCc2cc(F)ccc2F)cc1. The number of aryl methyl sites for hydroxylation is 1. The lowest BCUT2D eigenvalue weighted by Crippen LogP contribution is -2.23. The van der Waals surface area contributed by atoms with Crippen molar-refractivity contribution in [2.75, 3.05) is 5.32 Å². The van der Waals surface area contributed by atoms with E-state index in [9.17, 15) is 18.4 Å². The molecule has 2 N–H and O–H groups in total. The maximum Gasteiger partial charge on any atom is 0.226 e. The Morgan fingerprint density at radius 2 is 1.73 bits per heavy atom. The maximum absolute atomic E-state index is 13.5. The van der Waals surface area contributed by atoms with Gasteiger partial charge in [0.2, 0.25) is 11.8 Å². The second-order valence-corrected chi connectivity index (χ2v) is 6.35. The van der Waals surface area contributed by atoms with Gasteiger partial charge < -0.3 is 10.6 Å². The summed E-state index contributed by atoms with van der Waals surface area (Å²) in [5, 5.41) is 5.53. The van der Waals surface area contributed by atoms with E-state index in [1.54, 1.807) is 12.1 Å². The summed E-state index contributed by atoms with van der Waals surface area (Å²) in [5.74, 6) is -1.44. The molecule has 0 spiro atoms. The van der Waals surface area contributed by atoms with Crippen LogP contribution < -0.4 is 10.6 Å². The van der Waals surface area contributed by atoms with Gasteiger partial charge in [0, 0.05) is 24.6 Å². The van der Waals surface area contributed by atoms with E-state index in [0.29, 0.717) is 12.2 Å². The number of anilines is 1. The molecule has 0 aromatic heterocycles. The number of carbonyl (C=O) groups is 2. The molecule has 6 heteroatoms. The van der Waals surface area contributed by atoms with Crippen LogP contribution in [-0.2, 0) is 22.6 Å². The van der Waals surface area contributed by atoms with Crippen LogP contribution in [0.25, 0.3) is 0 Å². The van der Waals surface area contributed by atoms with E-state index in [1.807, 2.05) is 26.0 Å². The molecule has 0 radical (unpaired) electrons. The number of halogens is 2. The zero-order valence-electron chi connectivity index (χ0n) is 14.8. The van der Waals surface area contributed by atoms with E-state index < -0.39 is 11.6 Å². The predicted octanol–water partition coefficient (Wildman–Crippen LogP) is 3.81. The third kappa shape index (κ3) is 5.95. The number of hydrogen-bond donors (Lipinski definition) is 2. The van der Waals surface area contributed by atoms with Crippen molar-refractivity contribution in [3.8, 4) is 0 Å². The van der Waals surface area contributed by atoms with Crippen molar-refractivity contribution in [2.45, 2.75) is 33.2 Å². The quantitative estimate of drug-likeness (QED) is 0.789.